The summed E-state index contributed by atoms with van der Waals surface area (Å²) in [6.07, 6.45) is -0.638. The van der Waals surface area contributed by atoms with Gasteiger partial charge in [0.05, 0.1) is 30.8 Å². The quantitative estimate of drug-likeness (QED) is 0.263. The molecule has 1 unspecified atom stereocenters. The van der Waals surface area contributed by atoms with Gasteiger partial charge in [-0.25, -0.2) is 13.8 Å². The minimum Gasteiger partial charge on any atom is -0.466 e. The molecule has 1 amide bonds. The normalized spacial score (nSPS) is 23.2. The molecule has 1 aliphatic carbocycles. The largest absolute Gasteiger partial charge is 0.466 e. The number of nitrogens with zero attached hydrogens (tertiary/aromatic N) is 5. The van der Waals surface area contributed by atoms with Crippen LogP contribution < -0.4 is 4.90 Å². The van der Waals surface area contributed by atoms with Crippen LogP contribution in [-0.4, -0.2) is 57.6 Å². The smallest absolute Gasteiger partial charge is 0.309 e. The van der Waals surface area contributed by atoms with Crippen molar-refractivity contribution in [3.8, 4) is 11.3 Å². The van der Waals surface area contributed by atoms with E-state index in [0.29, 0.717) is 47.2 Å². The molecule has 2 fully saturated rings. The minimum absolute atomic E-state index is 0.0491. The third-order valence-electron chi connectivity index (χ3n) is 8.96. The fraction of sp³-hybridized carbons (Fsp3) is 0.394. The fourth-order valence-corrected chi connectivity index (χ4v) is 6.53. The van der Waals surface area contributed by atoms with E-state index >= 15 is 8.78 Å². The second kappa shape index (κ2) is 10.4. The summed E-state index contributed by atoms with van der Waals surface area (Å²) >= 11 is 0. The number of carbonyl (C=O) groups excluding carboxylic acids is 2. The Labute approximate surface area is 248 Å². The Kier molecular flexibility index (Phi) is 6.67. The number of rotatable bonds is 6. The lowest BCUT2D eigenvalue weighted by molar-refractivity contribution is -0.144. The van der Waals surface area contributed by atoms with E-state index in [1.807, 2.05) is 31.2 Å². The number of amides is 1. The summed E-state index contributed by atoms with van der Waals surface area (Å²) in [5.41, 5.74) is 3.46. The van der Waals surface area contributed by atoms with Crippen LogP contribution >= 0.6 is 0 Å². The summed E-state index contributed by atoms with van der Waals surface area (Å²) in [5, 5.41) is 4.71. The second-order valence-corrected chi connectivity index (χ2v) is 12.0. The van der Waals surface area contributed by atoms with Gasteiger partial charge in [0.15, 0.2) is 5.65 Å². The zero-order chi connectivity index (χ0) is 30.0. The highest BCUT2D eigenvalue weighted by Gasteiger charge is 2.45. The van der Waals surface area contributed by atoms with Gasteiger partial charge in [0.2, 0.25) is 0 Å². The van der Waals surface area contributed by atoms with Gasteiger partial charge in [-0.15, -0.1) is 0 Å². The third kappa shape index (κ3) is 4.73. The average Bonchev–Trinajstić information content (AvgIpc) is 3.68. The highest BCUT2D eigenvalue weighted by Crippen LogP contribution is 2.48. The summed E-state index contributed by atoms with van der Waals surface area (Å²) in [4.78, 5) is 34.2. The van der Waals surface area contributed by atoms with Gasteiger partial charge in [0.25, 0.3) is 5.91 Å². The molecule has 4 aromatic rings. The van der Waals surface area contributed by atoms with E-state index in [1.54, 1.807) is 35.7 Å². The lowest BCUT2D eigenvalue weighted by atomic mass is 9.92. The number of ether oxygens (including phenoxy) is 1. The number of alkyl halides is 1. The number of benzene rings is 2. The molecule has 2 aromatic carbocycles. The molecule has 0 spiro atoms. The van der Waals surface area contributed by atoms with Crippen molar-refractivity contribution in [1.82, 2.24) is 19.5 Å². The van der Waals surface area contributed by atoms with Crippen molar-refractivity contribution in [1.29, 1.82) is 0 Å². The van der Waals surface area contributed by atoms with Gasteiger partial charge in [0.1, 0.15) is 23.5 Å². The summed E-state index contributed by atoms with van der Waals surface area (Å²) in [6, 6.07) is 15.3. The number of esters is 1. The van der Waals surface area contributed by atoms with Crippen LogP contribution in [0.25, 0.3) is 16.9 Å². The molecule has 4 atom stereocenters. The summed E-state index contributed by atoms with van der Waals surface area (Å²) < 4.78 is 37.4. The van der Waals surface area contributed by atoms with Gasteiger partial charge in [-0.2, -0.15) is 9.61 Å². The van der Waals surface area contributed by atoms with E-state index in [-0.39, 0.29) is 42.0 Å². The maximum Gasteiger partial charge on any atom is 0.309 e. The van der Waals surface area contributed by atoms with Crippen LogP contribution in [0.2, 0.25) is 0 Å². The van der Waals surface area contributed by atoms with E-state index in [1.165, 1.54) is 11.0 Å². The van der Waals surface area contributed by atoms with Gasteiger partial charge < -0.3 is 14.5 Å². The van der Waals surface area contributed by atoms with Crippen LogP contribution in [-0.2, 0) is 9.53 Å². The first-order valence-electron chi connectivity index (χ1n) is 14.9. The maximum absolute atomic E-state index is 15.5. The van der Waals surface area contributed by atoms with Gasteiger partial charge in [-0.05, 0) is 60.9 Å². The van der Waals surface area contributed by atoms with Crippen molar-refractivity contribution in [3.05, 3.63) is 82.8 Å². The van der Waals surface area contributed by atoms with Crippen molar-refractivity contribution in [2.24, 2.45) is 11.8 Å². The maximum atomic E-state index is 15.5. The van der Waals surface area contributed by atoms with E-state index < -0.39 is 12.0 Å². The van der Waals surface area contributed by atoms with Crippen LogP contribution in [0.15, 0.2) is 54.6 Å². The number of aromatic nitrogens is 3. The summed E-state index contributed by atoms with van der Waals surface area (Å²) in [5.74, 6) is -0.160. The predicted octanol–water partition coefficient (Wildman–Crippen LogP) is 5.89. The number of halogens is 2. The third-order valence-corrected chi connectivity index (χ3v) is 8.96. The molecule has 4 heterocycles. The van der Waals surface area contributed by atoms with Crippen LogP contribution in [0, 0.1) is 17.7 Å². The Morgan fingerprint density at radius 3 is 2.51 bits per heavy atom. The van der Waals surface area contributed by atoms with E-state index in [2.05, 4.69) is 16.8 Å². The molecule has 43 heavy (non-hydrogen) atoms. The molecule has 8 nitrogen and oxygen atoms in total. The van der Waals surface area contributed by atoms with Gasteiger partial charge >= 0.3 is 5.97 Å². The van der Waals surface area contributed by atoms with Gasteiger partial charge in [-0.3, -0.25) is 9.59 Å². The number of carbonyl (C=O) groups is 2. The minimum atomic E-state index is -1.29. The first kappa shape index (κ1) is 27.5. The molecule has 0 N–H and O–H groups in total. The molecule has 3 aliphatic rings. The molecule has 7 rings (SSSR count). The summed E-state index contributed by atoms with van der Waals surface area (Å²) in [6.45, 7) is 7.66. The predicted molar refractivity (Wildman–Crippen MR) is 157 cm³/mol. The lowest BCUT2D eigenvalue weighted by Crippen LogP contribution is -2.46. The zero-order valence-corrected chi connectivity index (χ0v) is 24.3. The van der Waals surface area contributed by atoms with Crippen LogP contribution in [0.1, 0.15) is 72.5 Å². The molecule has 10 heteroatoms. The molecule has 2 aromatic heterocycles. The highest BCUT2D eigenvalue weighted by molar-refractivity contribution is 5.94. The van der Waals surface area contributed by atoms with Crippen LogP contribution in [0.5, 0.6) is 0 Å². The lowest BCUT2D eigenvalue weighted by Gasteiger charge is -2.39. The molecule has 1 saturated carbocycles. The summed E-state index contributed by atoms with van der Waals surface area (Å²) in [7, 11) is 0. The van der Waals surface area contributed by atoms with Crippen molar-refractivity contribution in [2.75, 3.05) is 31.1 Å². The second-order valence-electron chi connectivity index (χ2n) is 12.0. The number of hydrogen-bond acceptors (Lipinski definition) is 6. The van der Waals surface area contributed by atoms with Crippen molar-refractivity contribution in [2.45, 2.75) is 45.3 Å². The Morgan fingerprint density at radius 2 is 1.79 bits per heavy atom. The number of hydrogen-bond donors (Lipinski definition) is 0. The molecule has 0 radical (unpaired) electrons. The standard InChI is InChI=1S/C33H33F2N5O3/c1-4-43-33(42)25-12-24(25)20-9-10-23(26(34)11-20)28-13-30-36-29(14-31(40(30)37-28)38-15-18(2)16-38)32(41)39-17-27(35)22-8-6-5-7-21(22)19(39)3/h5-11,13-14,18-19,24-25,27H,4,12,15-17H2,1-3H3/t19-,24-,25+,27?/m1/s1. The van der Waals surface area contributed by atoms with Crippen LogP contribution in [0.4, 0.5) is 14.6 Å². The Hall–Kier alpha value is -4.34. The van der Waals surface area contributed by atoms with Gasteiger partial charge in [0, 0.05) is 30.8 Å². The first-order chi connectivity index (χ1) is 20.7. The first-order valence-corrected chi connectivity index (χ1v) is 14.9. The molecular formula is C33H33F2N5O3. The molecule has 1 saturated heterocycles. The average molecular weight is 586 g/mol. The molecular weight excluding hydrogens is 552 g/mol. The highest BCUT2D eigenvalue weighted by atomic mass is 19.1. The van der Waals surface area contributed by atoms with Crippen molar-refractivity contribution >= 4 is 23.3 Å². The Bertz CT molecular complexity index is 1750. The molecule has 222 valence electrons. The number of fused-ring (bicyclic) bond motifs is 2. The van der Waals surface area contributed by atoms with E-state index in [0.717, 1.165) is 24.2 Å². The number of anilines is 1. The van der Waals surface area contributed by atoms with Gasteiger partial charge in [-0.1, -0.05) is 37.3 Å². The SMILES string of the molecule is CCOC(=O)[C@H]1C[C@@H]1c1ccc(-c2cc3nc(C(=O)N4CC(F)c5ccccc5[C@H]4C)cc(N4CC(C)C4)n3n2)c(F)c1. The topological polar surface area (TPSA) is 80.0 Å². The Balaban J connectivity index is 1.22. The molecule has 0 bridgehead atoms. The van der Waals surface area contributed by atoms with E-state index in [9.17, 15) is 9.59 Å². The zero-order valence-electron chi connectivity index (χ0n) is 24.3. The fourth-order valence-electron chi connectivity index (χ4n) is 6.53. The van der Waals surface area contributed by atoms with E-state index in [4.69, 9.17) is 9.84 Å². The Morgan fingerprint density at radius 1 is 1.02 bits per heavy atom. The van der Waals surface area contributed by atoms with Crippen molar-refractivity contribution in [3.63, 3.8) is 0 Å². The van der Waals surface area contributed by atoms with Crippen LogP contribution in [0.3, 0.4) is 0 Å². The molecule has 2 aliphatic heterocycles. The van der Waals surface area contributed by atoms with Crippen molar-refractivity contribution < 1.29 is 23.1 Å². The monoisotopic (exact) mass is 585 g/mol.